The van der Waals surface area contributed by atoms with Crippen LogP contribution in [-0.4, -0.2) is 51.5 Å². The molecule has 2 aliphatic heterocycles. The number of hydrogen-bond acceptors (Lipinski definition) is 6. The Morgan fingerprint density at radius 1 is 1.18 bits per heavy atom. The van der Waals surface area contributed by atoms with Gasteiger partial charge in [-0.2, -0.15) is 0 Å². The molecule has 11 heteroatoms. The van der Waals surface area contributed by atoms with Gasteiger partial charge in [-0.05, 0) is 49.2 Å². The molecule has 1 amide bonds. The summed E-state index contributed by atoms with van der Waals surface area (Å²) in [4.78, 5) is 25.7. The molecule has 0 aliphatic carbocycles. The van der Waals surface area contributed by atoms with Crippen LogP contribution in [0.15, 0.2) is 41.3 Å². The van der Waals surface area contributed by atoms with Crippen LogP contribution < -0.4 is 4.74 Å². The van der Waals surface area contributed by atoms with Gasteiger partial charge < -0.3 is 14.4 Å². The van der Waals surface area contributed by atoms with Gasteiger partial charge in [0.05, 0.1) is 23.6 Å². The zero-order valence-electron chi connectivity index (χ0n) is 17.5. The highest BCUT2D eigenvalue weighted by atomic mass is 35.5. The van der Waals surface area contributed by atoms with Crippen LogP contribution in [0, 0.1) is 11.6 Å². The summed E-state index contributed by atoms with van der Waals surface area (Å²) in [5.74, 6) is -3.85. The van der Waals surface area contributed by atoms with Gasteiger partial charge in [0, 0.05) is 11.6 Å². The van der Waals surface area contributed by atoms with Crippen LogP contribution in [-0.2, 0) is 28.9 Å². The Bertz CT molecular complexity index is 1220. The Morgan fingerprint density at radius 2 is 1.85 bits per heavy atom. The molecule has 0 saturated carbocycles. The fourth-order valence-electron chi connectivity index (χ4n) is 4.70. The molecule has 0 radical (unpaired) electrons. The molecule has 0 spiro atoms. The molecule has 1 fully saturated rings. The molecule has 2 atom stereocenters. The highest BCUT2D eigenvalue weighted by molar-refractivity contribution is 7.92. The lowest BCUT2D eigenvalue weighted by molar-refractivity contribution is -0.149. The molecular weight excluding hydrogens is 480 g/mol. The Morgan fingerprint density at radius 3 is 2.52 bits per heavy atom. The van der Waals surface area contributed by atoms with E-state index in [2.05, 4.69) is 4.74 Å². The number of fused-ring (bicyclic) bond motifs is 3. The first-order chi connectivity index (χ1) is 15.6. The zero-order valence-corrected chi connectivity index (χ0v) is 19.1. The maximum Gasteiger partial charge on any atom is 0.315 e. The lowest BCUT2D eigenvalue weighted by Crippen LogP contribution is -2.64. The third-order valence-corrected chi connectivity index (χ3v) is 8.96. The maximum absolute atomic E-state index is 15.3. The number of nitrogens with zero attached hydrogens (tertiary/aromatic N) is 1. The van der Waals surface area contributed by atoms with E-state index in [9.17, 15) is 22.4 Å². The van der Waals surface area contributed by atoms with Crippen molar-refractivity contribution in [3.8, 4) is 5.75 Å². The topological polar surface area (TPSA) is 90.0 Å². The quantitative estimate of drug-likeness (QED) is 0.474. The third kappa shape index (κ3) is 3.65. The van der Waals surface area contributed by atoms with Gasteiger partial charge in [-0.15, -0.1) is 0 Å². The van der Waals surface area contributed by atoms with Crippen molar-refractivity contribution >= 4 is 33.3 Å². The standard InChI is InChI=1S/C22H20ClF2NO6S/c1-31-19(28)11-18(27)26-10-2-9-22(33(29,30)14-5-3-13(23)4-6-14)17(26)12-32-21-16(25)8-7-15(24)20(21)22/h3-8,17H,2,9-12H2,1H3/t17?,22-/m1/s1. The third-order valence-electron chi connectivity index (χ3n) is 6.18. The molecule has 2 aliphatic rings. The minimum absolute atomic E-state index is 0.0820. The van der Waals surface area contributed by atoms with Crippen molar-refractivity contribution in [1.82, 2.24) is 4.90 Å². The molecule has 1 saturated heterocycles. The number of amides is 1. The first kappa shape index (κ1) is 23.4. The van der Waals surface area contributed by atoms with E-state index >= 15 is 4.39 Å². The summed E-state index contributed by atoms with van der Waals surface area (Å²) >= 11 is 5.92. The summed E-state index contributed by atoms with van der Waals surface area (Å²) in [6.07, 6.45) is -0.532. The van der Waals surface area contributed by atoms with Crippen LogP contribution in [0.5, 0.6) is 5.75 Å². The number of sulfone groups is 1. The van der Waals surface area contributed by atoms with Gasteiger partial charge in [-0.3, -0.25) is 9.59 Å². The van der Waals surface area contributed by atoms with E-state index in [4.69, 9.17) is 16.3 Å². The van der Waals surface area contributed by atoms with Crippen LogP contribution in [0.2, 0.25) is 5.02 Å². The molecule has 0 bridgehead atoms. The number of rotatable bonds is 4. The van der Waals surface area contributed by atoms with Crippen LogP contribution in [0.25, 0.3) is 0 Å². The lowest BCUT2D eigenvalue weighted by atomic mass is 9.80. The van der Waals surface area contributed by atoms with Crippen LogP contribution in [0.4, 0.5) is 8.78 Å². The molecule has 176 valence electrons. The predicted octanol–water partition coefficient (Wildman–Crippen LogP) is 3.23. The summed E-state index contributed by atoms with van der Waals surface area (Å²) < 4.78 is 66.1. The molecule has 1 unspecified atom stereocenters. The molecular formula is C22H20ClF2NO6S. The number of carbonyl (C=O) groups is 2. The molecule has 4 rings (SSSR count). The number of hydrogen-bond donors (Lipinski definition) is 0. The fourth-order valence-corrected chi connectivity index (χ4v) is 7.17. The predicted molar refractivity (Wildman–Crippen MR) is 114 cm³/mol. The van der Waals surface area contributed by atoms with Gasteiger partial charge in [0.1, 0.15) is 23.6 Å². The lowest BCUT2D eigenvalue weighted by Gasteiger charge is -2.51. The summed E-state index contributed by atoms with van der Waals surface area (Å²) in [5.41, 5.74) is -0.454. The first-order valence-electron chi connectivity index (χ1n) is 10.1. The van der Waals surface area contributed by atoms with Crippen molar-refractivity contribution in [3.63, 3.8) is 0 Å². The summed E-state index contributed by atoms with van der Waals surface area (Å²) in [6, 6.07) is 5.83. The average molecular weight is 500 g/mol. The molecule has 2 heterocycles. The van der Waals surface area contributed by atoms with Gasteiger partial charge in [-0.1, -0.05) is 11.6 Å². The number of carbonyl (C=O) groups excluding carboxylic acids is 2. The highest BCUT2D eigenvalue weighted by Crippen LogP contribution is 2.53. The van der Waals surface area contributed by atoms with Gasteiger partial charge >= 0.3 is 5.97 Å². The van der Waals surface area contributed by atoms with Gasteiger partial charge in [-0.25, -0.2) is 17.2 Å². The second-order valence-corrected chi connectivity index (χ2v) is 10.5. The Hall–Kier alpha value is -2.72. The number of piperidine rings is 1. The Labute approximate surface area is 194 Å². The van der Waals surface area contributed by atoms with E-state index < -0.39 is 68.5 Å². The molecule has 2 aromatic rings. The van der Waals surface area contributed by atoms with Crippen molar-refractivity contribution < 1.29 is 36.3 Å². The molecule has 0 N–H and O–H groups in total. The molecule has 33 heavy (non-hydrogen) atoms. The normalized spacial score (nSPS) is 22.1. The van der Waals surface area contributed by atoms with E-state index in [1.54, 1.807) is 0 Å². The van der Waals surface area contributed by atoms with E-state index in [1.807, 2.05) is 0 Å². The van der Waals surface area contributed by atoms with Crippen molar-refractivity contribution in [2.45, 2.75) is 34.9 Å². The second-order valence-electron chi connectivity index (χ2n) is 7.85. The number of ether oxygens (including phenoxy) is 2. The van der Waals surface area contributed by atoms with Crippen molar-refractivity contribution in [2.75, 3.05) is 20.3 Å². The molecule has 0 aromatic heterocycles. The summed E-state index contributed by atoms with van der Waals surface area (Å²) in [7, 11) is -3.28. The van der Waals surface area contributed by atoms with E-state index in [1.165, 1.54) is 29.2 Å². The van der Waals surface area contributed by atoms with Crippen molar-refractivity contribution in [2.24, 2.45) is 0 Å². The number of benzene rings is 2. The second kappa shape index (κ2) is 8.57. The highest BCUT2D eigenvalue weighted by Gasteiger charge is 2.61. The Kier molecular flexibility index (Phi) is 6.09. The van der Waals surface area contributed by atoms with Gasteiger partial charge in [0.15, 0.2) is 21.4 Å². The number of likely N-dealkylation sites (tertiary alicyclic amines) is 1. The van der Waals surface area contributed by atoms with Crippen LogP contribution >= 0.6 is 11.6 Å². The largest absolute Gasteiger partial charge is 0.488 e. The van der Waals surface area contributed by atoms with E-state index in [0.717, 1.165) is 19.2 Å². The average Bonchev–Trinajstić information content (AvgIpc) is 2.80. The first-order valence-corrected chi connectivity index (χ1v) is 12.0. The SMILES string of the molecule is COC(=O)CC(=O)N1CCC[C@]2(S(=O)(=O)c3ccc(Cl)cc3)c3c(F)ccc(F)c3OCC12. The zero-order chi connectivity index (χ0) is 24.0. The minimum atomic E-state index is -4.41. The Balaban J connectivity index is 1.96. The van der Waals surface area contributed by atoms with E-state index in [-0.39, 0.29) is 24.3 Å². The minimum Gasteiger partial charge on any atom is -0.488 e. The summed E-state index contributed by atoms with van der Waals surface area (Å²) in [6.45, 7) is -0.277. The number of halogens is 3. The van der Waals surface area contributed by atoms with Gasteiger partial charge in [0.25, 0.3) is 0 Å². The fraction of sp³-hybridized carbons (Fsp3) is 0.364. The molecule has 7 nitrogen and oxygen atoms in total. The maximum atomic E-state index is 15.3. The monoisotopic (exact) mass is 499 g/mol. The number of methoxy groups -OCH3 is 1. The van der Waals surface area contributed by atoms with E-state index in [0.29, 0.717) is 5.02 Å². The molecule has 2 aromatic carbocycles. The summed E-state index contributed by atoms with van der Waals surface area (Å²) in [5, 5.41) is 0.297. The smallest absolute Gasteiger partial charge is 0.315 e. The van der Waals surface area contributed by atoms with Crippen LogP contribution in [0.3, 0.4) is 0 Å². The van der Waals surface area contributed by atoms with Gasteiger partial charge in [0.2, 0.25) is 5.91 Å². The number of esters is 1. The van der Waals surface area contributed by atoms with Crippen molar-refractivity contribution in [1.29, 1.82) is 0 Å². The van der Waals surface area contributed by atoms with Crippen molar-refractivity contribution in [3.05, 3.63) is 58.6 Å². The van der Waals surface area contributed by atoms with Crippen LogP contribution in [0.1, 0.15) is 24.8 Å².